The molecule has 10 heteroatoms. The highest BCUT2D eigenvalue weighted by atomic mass is 16.6. The number of rotatable bonds is 5. The summed E-state index contributed by atoms with van der Waals surface area (Å²) in [6.45, 7) is 5.90. The molecule has 4 aliphatic rings. The Labute approximate surface area is 240 Å². The highest BCUT2D eigenvalue weighted by Crippen LogP contribution is 2.56. The van der Waals surface area contributed by atoms with Crippen LogP contribution in [-0.4, -0.2) is 88.1 Å². The topological polar surface area (TPSA) is 125 Å². The molecule has 5 rings (SSSR count). The van der Waals surface area contributed by atoms with Crippen molar-refractivity contribution in [1.29, 1.82) is 0 Å². The second kappa shape index (κ2) is 11.8. The van der Waals surface area contributed by atoms with Crippen molar-refractivity contribution in [3.63, 3.8) is 0 Å². The maximum absolute atomic E-state index is 14.2. The molecule has 0 unspecified atom stereocenters. The highest BCUT2D eigenvalue weighted by Gasteiger charge is 2.73. The number of esters is 1. The van der Waals surface area contributed by atoms with Gasteiger partial charge in [0.25, 0.3) is 0 Å². The van der Waals surface area contributed by atoms with Crippen molar-refractivity contribution < 1.29 is 33.8 Å². The number of benzene rings is 1. The summed E-state index contributed by atoms with van der Waals surface area (Å²) in [5.41, 5.74) is -0.603. The zero-order chi connectivity index (χ0) is 29.3. The van der Waals surface area contributed by atoms with Gasteiger partial charge in [-0.15, -0.1) is 0 Å². The van der Waals surface area contributed by atoms with Crippen molar-refractivity contribution in [3.05, 3.63) is 60.2 Å². The van der Waals surface area contributed by atoms with Crippen LogP contribution in [0.5, 0.6) is 0 Å². The lowest BCUT2D eigenvalue weighted by atomic mass is 9.74. The molecule has 1 aromatic carbocycles. The molecule has 0 saturated carbocycles. The van der Waals surface area contributed by atoms with Crippen LogP contribution in [0.15, 0.2) is 54.6 Å². The number of hydrogen-bond acceptors (Lipinski definition) is 7. The van der Waals surface area contributed by atoms with Gasteiger partial charge < -0.3 is 29.7 Å². The third-order valence-electron chi connectivity index (χ3n) is 8.56. The van der Waals surface area contributed by atoms with Crippen LogP contribution >= 0.6 is 0 Å². The van der Waals surface area contributed by atoms with E-state index in [1.807, 2.05) is 56.3 Å². The molecule has 220 valence electrons. The summed E-state index contributed by atoms with van der Waals surface area (Å²) in [6, 6.07) is 7.48. The van der Waals surface area contributed by atoms with Gasteiger partial charge >= 0.3 is 5.97 Å². The molecule has 4 heterocycles. The van der Waals surface area contributed by atoms with Crippen molar-refractivity contribution in [1.82, 2.24) is 15.1 Å². The SMILES string of the molecule is CC(C)N1C/C=C\CCC(=O)N[C@@H](C)[C@H](c2ccccc2)OC(=O)[C@@H]2[C@H]3C(=O)N(CCCO)[C@H](C1=O)[C@]31C=C[C@H]2O1. The van der Waals surface area contributed by atoms with Crippen molar-refractivity contribution in [3.8, 4) is 0 Å². The molecule has 41 heavy (non-hydrogen) atoms. The van der Waals surface area contributed by atoms with E-state index in [0.29, 0.717) is 18.5 Å². The number of amides is 3. The third-order valence-corrected chi connectivity index (χ3v) is 8.56. The van der Waals surface area contributed by atoms with Crippen LogP contribution in [0.2, 0.25) is 0 Å². The second-order valence-electron chi connectivity index (χ2n) is 11.5. The molecule has 2 fully saturated rings. The standard InChI is InChI=1S/C31H39N3O7/c1-19(2)33-16-9-5-8-13-23(36)32-20(3)26(21-11-6-4-7-12-21)40-30(39)24-22-14-15-31(41-22)25(24)28(37)34(17-10-18-35)27(31)29(33)38/h4-7,9,11-12,14-15,19-20,22,24-27,35H,8,10,13,16-18H2,1-3H3,(H,32,36)/b9-5-/t20-,22+,24-,25-,26+,27+,31-/m0/s1. The molecule has 0 aromatic heterocycles. The van der Waals surface area contributed by atoms with E-state index in [1.165, 1.54) is 4.90 Å². The number of nitrogens with zero attached hydrogens (tertiary/aromatic N) is 2. The van der Waals surface area contributed by atoms with Crippen molar-refractivity contribution in [2.24, 2.45) is 11.8 Å². The van der Waals surface area contributed by atoms with E-state index in [9.17, 15) is 24.3 Å². The van der Waals surface area contributed by atoms with Gasteiger partial charge in [-0.1, -0.05) is 54.6 Å². The van der Waals surface area contributed by atoms with Crippen LogP contribution in [0.1, 0.15) is 51.7 Å². The maximum atomic E-state index is 14.2. The van der Waals surface area contributed by atoms with Crippen molar-refractivity contribution in [2.45, 2.75) is 76.0 Å². The van der Waals surface area contributed by atoms with E-state index in [0.717, 1.165) is 0 Å². The Morgan fingerprint density at radius 2 is 1.85 bits per heavy atom. The average molecular weight is 566 g/mol. The Hall–Kier alpha value is -3.50. The molecule has 2 saturated heterocycles. The largest absolute Gasteiger partial charge is 0.455 e. The molecule has 4 aliphatic heterocycles. The summed E-state index contributed by atoms with van der Waals surface area (Å²) in [5, 5.41) is 12.5. The lowest BCUT2D eigenvalue weighted by Gasteiger charge is -2.37. The summed E-state index contributed by atoms with van der Waals surface area (Å²) >= 11 is 0. The molecule has 5 bridgehead atoms. The monoisotopic (exact) mass is 565 g/mol. The Balaban J connectivity index is 1.57. The number of cyclic esters (lactones) is 1. The summed E-state index contributed by atoms with van der Waals surface area (Å²) in [4.78, 5) is 58.2. The Kier molecular flexibility index (Phi) is 8.33. The van der Waals surface area contributed by atoms with Gasteiger partial charge in [0.1, 0.15) is 23.7 Å². The van der Waals surface area contributed by atoms with Gasteiger partial charge in [-0.25, -0.2) is 0 Å². The van der Waals surface area contributed by atoms with Crippen LogP contribution in [0.4, 0.5) is 0 Å². The van der Waals surface area contributed by atoms with Crippen LogP contribution in [0.3, 0.4) is 0 Å². The lowest BCUT2D eigenvalue weighted by molar-refractivity contribution is -0.161. The van der Waals surface area contributed by atoms with Crippen molar-refractivity contribution in [2.75, 3.05) is 19.7 Å². The van der Waals surface area contributed by atoms with Crippen LogP contribution in [0.25, 0.3) is 0 Å². The van der Waals surface area contributed by atoms with Gasteiger partial charge in [-0.2, -0.15) is 0 Å². The van der Waals surface area contributed by atoms with Gasteiger partial charge in [0, 0.05) is 32.2 Å². The average Bonchev–Trinajstić information content (AvgIpc) is 3.59. The Morgan fingerprint density at radius 1 is 1.10 bits per heavy atom. The van der Waals surface area contributed by atoms with Gasteiger partial charge in [0.05, 0.1) is 18.1 Å². The fraction of sp³-hybridized carbons (Fsp3) is 0.548. The summed E-state index contributed by atoms with van der Waals surface area (Å²) in [7, 11) is 0. The molecule has 0 radical (unpaired) electrons. The predicted octanol–water partition coefficient (Wildman–Crippen LogP) is 1.90. The highest BCUT2D eigenvalue weighted by molar-refractivity contribution is 5.99. The molecule has 7 atom stereocenters. The lowest BCUT2D eigenvalue weighted by Crippen LogP contribution is -2.57. The first-order valence-electron chi connectivity index (χ1n) is 14.5. The van der Waals surface area contributed by atoms with E-state index in [1.54, 1.807) is 24.0 Å². The predicted molar refractivity (Wildman–Crippen MR) is 149 cm³/mol. The quantitative estimate of drug-likeness (QED) is 0.413. The minimum Gasteiger partial charge on any atom is -0.455 e. The molecule has 3 amide bonds. The number of ether oxygens (including phenoxy) is 2. The number of aliphatic hydroxyl groups excluding tert-OH is 1. The number of aliphatic hydroxyl groups is 1. The zero-order valence-corrected chi connectivity index (χ0v) is 23.8. The number of hydrogen-bond donors (Lipinski definition) is 2. The number of fused-ring (bicyclic) bond motifs is 2. The zero-order valence-electron chi connectivity index (χ0n) is 23.8. The summed E-state index contributed by atoms with van der Waals surface area (Å²) in [6.07, 6.45) is 6.74. The minimum absolute atomic E-state index is 0.147. The second-order valence-corrected chi connectivity index (χ2v) is 11.5. The van der Waals surface area contributed by atoms with E-state index in [2.05, 4.69) is 5.32 Å². The van der Waals surface area contributed by atoms with Crippen LogP contribution in [-0.2, 0) is 28.7 Å². The fourth-order valence-electron chi connectivity index (χ4n) is 6.64. The van der Waals surface area contributed by atoms with Crippen LogP contribution < -0.4 is 5.32 Å². The third kappa shape index (κ3) is 5.19. The fourth-order valence-corrected chi connectivity index (χ4v) is 6.64. The molecule has 10 nitrogen and oxygen atoms in total. The van der Waals surface area contributed by atoms with Gasteiger partial charge in [0.2, 0.25) is 17.7 Å². The van der Waals surface area contributed by atoms with E-state index < -0.39 is 47.7 Å². The molecule has 0 aliphatic carbocycles. The summed E-state index contributed by atoms with van der Waals surface area (Å²) in [5.74, 6) is -3.34. The molecule has 2 N–H and O–H groups in total. The van der Waals surface area contributed by atoms with Crippen LogP contribution in [0, 0.1) is 11.8 Å². The Morgan fingerprint density at radius 3 is 2.56 bits per heavy atom. The maximum Gasteiger partial charge on any atom is 0.313 e. The number of nitrogens with one attached hydrogen (secondary N) is 1. The smallest absolute Gasteiger partial charge is 0.313 e. The van der Waals surface area contributed by atoms with Gasteiger partial charge in [0.15, 0.2) is 0 Å². The van der Waals surface area contributed by atoms with E-state index in [-0.39, 0.29) is 49.8 Å². The molecular formula is C31H39N3O7. The van der Waals surface area contributed by atoms with Gasteiger partial charge in [-0.05, 0) is 39.2 Å². The van der Waals surface area contributed by atoms with E-state index in [4.69, 9.17) is 9.47 Å². The first-order valence-corrected chi connectivity index (χ1v) is 14.5. The van der Waals surface area contributed by atoms with Crippen molar-refractivity contribution >= 4 is 23.7 Å². The molecule has 1 aromatic rings. The first kappa shape index (κ1) is 29.0. The van der Waals surface area contributed by atoms with Gasteiger partial charge in [-0.3, -0.25) is 19.2 Å². The molecule has 1 spiro atoms. The van der Waals surface area contributed by atoms with E-state index >= 15 is 0 Å². The number of carbonyl (C=O) groups is 4. The Bertz CT molecular complexity index is 1230. The first-order chi connectivity index (χ1) is 19.7. The molecular weight excluding hydrogens is 526 g/mol. The number of likely N-dealkylation sites (tertiary alicyclic amines) is 1. The number of allylic oxidation sites excluding steroid dienone is 1. The minimum atomic E-state index is -1.31. The number of carbonyl (C=O) groups excluding carboxylic acids is 4. The normalized spacial score (nSPS) is 34.7. The summed E-state index contributed by atoms with van der Waals surface area (Å²) < 4.78 is 12.5.